The molecule has 0 aliphatic heterocycles. The van der Waals surface area contributed by atoms with Gasteiger partial charge in [0.2, 0.25) is 0 Å². The molecule has 4 aromatic rings. The molecule has 0 spiro atoms. The van der Waals surface area contributed by atoms with E-state index in [1.807, 2.05) is 54.6 Å². The average Bonchev–Trinajstić information content (AvgIpc) is 2.95. The summed E-state index contributed by atoms with van der Waals surface area (Å²) in [6, 6.07) is 21.9. The molecular formula is C21H17NO2S. The second kappa shape index (κ2) is 6.39. The van der Waals surface area contributed by atoms with E-state index in [2.05, 4.69) is 16.7 Å². The van der Waals surface area contributed by atoms with Gasteiger partial charge in [0.25, 0.3) is 0 Å². The van der Waals surface area contributed by atoms with Crippen molar-refractivity contribution in [2.45, 2.75) is 11.4 Å². The molecular weight excluding hydrogens is 330 g/mol. The lowest BCUT2D eigenvalue weighted by molar-refractivity contribution is 0.112. The highest BCUT2D eigenvalue weighted by molar-refractivity contribution is 7.90. The van der Waals surface area contributed by atoms with Gasteiger partial charge >= 0.3 is 0 Å². The van der Waals surface area contributed by atoms with Gasteiger partial charge in [-0.1, -0.05) is 30.3 Å². The normalized spacial score (nSPS) is 12.6. The maximum absolute atomic E-state index is 11.6. The van der Waals surface area contributed by atoms with Crippen LogP contribution >= 0.6 is 0 Å². The van der Waals surface area contributed by atoms with Crippen LogP contribution in [0.15, 0.2) is 71.6 Å². The van der Waals surface area contributed by atoms with Crippen molar-refractivity contribution in [1.29, 1.82) is 0 Å². The van der Waals surface area contributed by atoms with Crippen LogP contribution in [0, 0.1) is 0 Å². The van der Waals surface area contributed by atoms with Crippen molar-refractivity contribution in [3.63, 3.8) is 0 Å². The number of fused-ring (bicyclic) bond motifs is 3. The molecule has 124 valence electrons. The monoisotopic (exact) mass is 347 g/mol. The highest BCUT2D eigenvalue weighted by atomic mass is 32.2. The van der Waals surface area contributed by atoms with Crippen molar-refractivity contribution < 1.29 is 9.35 Å². The van der Waals surface area contributed by atoms with E-state index in [1.54, 1.807) is 6.26 Å². The maximum atomic E-state index is 11.6. The van der Waals surface area contributed by atoms with E-state index in [9.17, 15) is 9.35 Å². The van der Waals surface area contributed by atoms with Crippen LogP contribution in [0.3, 0.4) is 0 Å². The fourth-order valence-electron chi connectivity index (χ4n) is 3.28. The van der Waals surface area contributed by atoms with Gasteiger partial charge < -0.3 is 9.12 Å². The molecule has 0 saturated carbocycles. The van der Waals surface area contributed by atoms with Crippen LogP contribution in [0.25, 0.3) is 21.8 Å². The first kappa shape index (κ1) is 15.9. The molecule has 0 N–H and O–H groups in total. The fraction of sp³-hybridized carbons (Fsp3) is 0.0952. The SMILES string of the molecule is C[S+]([O-])c1ccc(Cn2c3ccccc3c3cc(C=O)ccc32)cc1. The minimum Gasteiger partial charge on any atom is -0.612 e. The predicted molar refractivity (Wildman–Crippen MR) is 103 cm³/mol. The first-order valence-corrected chi connectivity index (χ1v) is 9.62. The van der Waals surface area contributed by atoms with Crippen LogP contribution in [0.2, 0.25) is 0 Å². The largest absolute Gasteiger partial charge is 0.612 e. The quantitative estimate of drug-likeness (QED) is 0.406. The minimum absolute atomic E-state index is 0.685. The first-order valence-electron chi connectivity index (χ1n) is 8.06. The Morgan fingerprint density at radius 3 is 2.40 bits per heavy atom. The standard InChI is InChI=1S/C21H17NO2S/c1-25(24)17-9-6-15(7-10-17)13-22-20-5-3-2-4-18(20)19-12-16(14-23)8-11-21(19)22/h2-12,14H,13H2,1H3. The highest BCUT2D eigenvalue weighted by Crippen LogP contribution is 2.30. The van der Waals surface area contributed by atoms with E-state index in [-0.39, 0.29) is 0 Å². The Labute approximate surface area is 149 Å². The molecule has 1 unspecified atom stereocenters. The molecule has 0 amide bonds. The number of hydrogen-bond acceptors (Lipinski definition) is 2. The van der Waals surface area contributed by atoms with Crippen molar-refractivity contribution in [3.8, 4) is 0 Å². The maximum Gasteiger partial charge on any atom is 0.152 e. The van der Waals surface area contributed by atoms with Crippen LogP contribution in [-0.4, -0.2) is 21.7 Å². The number of nitrogens with zero attached hydrogens (tertiary/aromatic N) is 1. The first-order chi connectivity index (χ1) is 12.2. The van der Waals surface area contributed by atoms with Gasteiger partial charge in [0.15, 0.2) is 4.90 Å². The molecule has 0 aliphatic rings. The summed E-state index contributed by atoms with van der Waals surface area (Å²) in [6.45, 7) is 0.723. The molecule has 1 atom stereocenters. The molecule has 0 bridgehead atoms. The van der Waals surface area contributed by atoms with Crippen LogP contribution in [0.4, 0.5) is 0 Å². The molecule has 25 heavy (non-hydrogen) atoms. The Morgan fingerprint density at radius 2 is 1.68 bits per heavy atom. The number of rotatable bonds is 4. The van der Waals surface area contributed by atoms with Crippen LogP contribution in [0.5, 0.6) is 0 Å². The predicted octanol–water partition coefficient (Wildman–Crippen LogP) is 4.39. The Hall–Kier alpha value is -2.56. The Morgan fingerprint density at radius 1 is 0.960 bits per heavy atom. The number of aromatic nitrogens is 1. The number of benzene rings is 3. The lowest BCUT2D eigenvalue weighted by Crippen LogP contribution is -2.01. The molecule has 0 aliphatic carbocycles. The van der Waals surface area contributed by atoms with Crippen molar-refractivity contribution in [2.24, 2.45) is 0 Å². The number of carbonyl (C=O) groups excluding carboxylic acids is 1. The molecule has 3 nitrogen and oxygen atoms in total. The molecule has 4 rings (SSSR count). The van der Waals surface area contributed by atoms with Crippen molar-refractivity contribution in [2.75, 3.05) is 6.26 Å². The van der Waals surface area contributed by atoms with Crippen molar-refractivity contribution in [1.82, 2.24) is 4.57 Å². The third-order valence-corrected chi connectivity index (χ3v) is 5.46. The molecule has 0 radical (unpaired) electrons. The third-order valence-electron chi connectivity index (χ3n) is 4.53. The number of para-hydroxylation sites is 1. The summed E-state index contributed by atoms with van der Waals surface area (Å²) in [5.41, 5.74) is 4.08. The van der Waals surface area contributed by atoms with E-state index < -0.39 is 11.2 Å². The van der Waals surface area contributed by atoms with Crippen molar-refractivity contribution in [3.05, 3.63) is 77.9 Å². The van der Waals surface area contributed by atoms with E-state index in [0.717, 1.165) is 45.1 Å². The Bertz CT molecular complexity index is 1060. The van der Waals surface area contributed by atoms with E-state index in [1.165, 1.54) is 0 Å². The zero-order chi connectivity index (χ0) is 17.4. The summed E-state index contributed by atoms with van der Waals surface area (Å²) < 4.78 is 13.8. The van der Waals surface area contributed by atoms with Gasteiger partial charge in [-0.15, -0.1) is 0 Å². The Kier molecular flexibility index (Phi) is 4.07. The third kappa shape index (κ3) is 2.84. The number of hydrogen-bond donors (Lipinski definition) is 0. The number of carbonyl (C=O) groups is 1. The van der Waals surface area contributed by atoms with Gasteiger partial charge in [-0.3, -0.25) is 4.79 Å². The van der Waals surface area contributed by atoms with Gasteiger partial charge in [0, 0.05) is 33.9 Å². The highest BCUT2D eigenvalue weighted by Gasteiger charge is 2.12. The van der Waals surface area contributed by atoms with Gasteiger partial charge in [-0.25, -0.2) is 0 Å². The molecule has 0 saturated heterocycles. The lowest BCUT2D eigenvalue weighted by atomic mass is 10.1. The smallest absolute Gasteiger partial charge is 0.152 e. The fourth-order valence-corrected chi connectivity index (χ4v) is 3.80. The summed E-state index contributed by atoms with van der Waals surface area (Å²) in [5, 5.41) is 2.24. The average molecular weight is 347 g/mol. The zero-order valence-electron chi connectivity index (χ0n) is 13.8. The Balaban J connectivity index is 1.86. The van der Waals surface area contributed by atoms with Crippen molar-refractivity contribution >= 4 is 39.3 Å². The summed E-state index contributed by atoms with van der Waals surface area (Å²) in [4.78, 5) is 12.0. The molecule has 4 heteroatoms. The van der Waals surface area contributed by atoms with Gasteiger partial charge in [-0.05, 0) is 53.1 Å². The van der Waals surface area contributed by atoms with E-state index in [0.29, 0.717) is 5.56 Å². The number of aldehydes is 1. The summed E-state index contributed by atoms with van der Waals surface area (Å²) in [7, 11) is 0. The topological polar surface area (TPSA) is 45.1 Å². The van der Waals surface area contributed by atoms with Gasteiger partial charge in [0.05, 0.1) is 0 Å². The molecule has 0 fully saturated rings. The van der Waals surface area contributed by atoms with Crippen LogP contribution < -0.4 is 0 Å². The van der Waals surface area contributed by atoms with Crippen LogP contribution in [0.1, 0.15) is 15.9 Å². The molecule has 3 aromatic carbocycles. The van der Waals surface area contributed by atoms with Crippen LogP contribution in [-0.2, 0) is 17.7 Å². The second-order valence-corrected chi connectivity index (χ2v) is 7.48. The molecule has 1 aromatic heterocycles. The minimum atomic E-state index is -0.964. The zero-order valence-corrected chi connectivity index (χ0v) is 14.6. The second-order valence-electron chi connectivity index (χ2n) is 6.10. The van der Waals surface area contributed by atoms with Gasteiger partial charge in [-0.2, -0.15) is 0 Å². The summed E-state index contributed by atoms with van der Waals surface area (Å²) in [5.74, 6) is 0. The van der Waals surface area contributed by atoms with E-state index >= 15 is 0 Å². The summed E-state index contributed by atoms with van der Waals surface area (Å²) in [6.07, 6.45) is 2.57. The molecule has 1 heterocycles. The van der Waals surface area contributed by atoms with E-state index in [4.69, 9.17) is 0 Å². The lowest BCUT2D eigenvalue weighted by Gasteiger charge is -2.09. The van der Waals surface area contributed by atoms with Gasteiger partial charge in [0.1, 0.15) is 12.5 Å². The summed E-state index contributed by atoms with van der Waals surface area (Å²) >= 11 is -0.964.